The molecule has 0 aromatic carbocycles. The van der Waals surface area contributed by atoms with Crippen LogP contribution in [0.2, 0.25) is 0 Å². The van der Waals surface area contributed by atoms with Gasteiger partial charge in [-0.2, -0.15) is 15.0 Å². The van der Waals surface area contributed by atoms with Gasteiger partial charge in [-0.05, 0) is 26.7 Å². The second-order valence-electron chi connectivity index (χ2n) is 5.17. The summed E-state index contributed by atoms with van der Waals surface area (Å²) >= 11 is 0. The Morgan fingerprint density at radius 3 is 2.80 bits per heavy atom. The van der Waals surface area contributed by atoms with Crippen LogP contribution in [-0.2, 0) is 4.74 Å². The van der Waals surface area contributed by atoms with E-state index in [1.165, 1.54) is 0 Å². The maximum Gasteiger partial charge on any atom is 0.323 e. The number of ether oxygens (including phenoxy) is 2. The van der Waals surface area contributed by atoms with Gasteiger partial charge in [-0.15, -0.1) is 0 Å². The Morgan fingerprint density at radius 1 is 1.40 bits per heavy atom. The number of hydrogen-bond donors (Lipinski definition) is 1. The Morgan fingerprint density at radius 2 is 2.20 bits per heavy atom. The molecular formula is C13H23N5O2. The van der Waals surface area contributed by atoms with Crippen molar-refractivity contribution in [3.63, 3.8) is 0 Å². The van der Waals surface area contributed by atoms with Crippen LogP contribution in [-0.4, -0.2) is 54.4 Å². The van der Waals surface area contributed by atoms with Gasteiger partial charge in [-0.25, -0.2) is 0 Å². The maximum atomic E-state index is 5.64. The van der Waals surface area contributed by atoms with Gasteiger partial charge in [0.05, 0.1) is 12.2 Å². The van der Waals surface area contributed by atoms with Crippen LogP contribution < -0.4 is 15.0 Å². The molecule has 7 nitrogen and oxygen atoms in total. The highest BCUT2D eigenvalue weighted by Gasteiger charge is 2.20. The molecule has 0 amide bonds. The molecule has 2 rings (SSSR count). The normalized spacial score (nSPS) is 18.4. The van der Waals surface area contributed by atoms with E-state index in [1.807, 2.05) is 25.8 Å². The molecule has 20 heavy (non-hydrogen) atoms. The summed E-state index contributed by atoms with van der Waals surface area (Å²) in [6.45, 7) is 5.50. The molecule has 1 unspecified atom stereocenters. The first-order valence-electron chi connectivity index (χ1n) is 7.01. The van der Waals surface area contributed by atoms with Crippen LogP contribution in [0.3, 0.4) is 0 Å². The number of nitrogens with zero attached hydrogens (tertiary/aromatic N) is 4. The van der Waals surface area contributed by atoms with Gasteiger partial charge in [0.1, 0.15) is 0 Å². The minimum absolute atomic E-state index is 0.0263. The van der Waals surface area contributed by atoms with Gasteiger partial charge in [-0.3, -0.25) is 0 Å². The van der Waals surface area contributed by atoms with Crippen molar-refractivity contribution in [1.82, 2.24) is 15.0 Å². The van der Waals surface area contributed by atoms with Gasteiger partial charge >= 0.3 is 6.01 Å². The van der Waals surface area contributed by atoms with E-state index in [-0.39, 0.29) is 12.2 Å². The molecule has 112 valence electrons. The van der Waals surface area contributed by atoms with Crippen LogP contribution in [0.4, 0.5) is 11.9 Å². The first-order valence-corrected chi connectivity index (χ1v) is 7.01. The fourth-order valence-corrected chi connectivity index (χ4v) is 2.07. The molecule has 0 bridgehead atoms. The standard InChI is InChI=1S/C13H23N5O2/c1-9(2)20-13-16-11(14-3)15-12(17-13)18(4)8-10-6-5-7-19-10/h9-10H,5-8H2,1-4H3,(H,14,15,16,17). The predicted octanol–water partition coefficient (Wildman–Crippen LogP) is 1.32. The molecule has 0 radical (unpaired) electrons. The van der Waals surface area contributed by atoms with Crippen molar-refractivity contribution >= 4 is 11.9 Å². The van der Waals surface area contributed by atoms with Crippen LogP contribution >= 0.6 is 0 Å². The third-order valence-corrected chi connectivity index (χ3v) is 3.01. The average molecular weight is 281 g/mol. The summed E-state index contributed by atoms with van der Waals surface area (Å²) in [6, 6.07) is 0.341. The quantitative estimate of drug-likeness (QED) is 0.843. The predicted molar refractivity (Wildman–Crippen MR) is 77.4 cm³/mol. The van der Waals surface area contributed by atoms with E-state index in [0.717, 1.165) is 26.0 Å². The Balaban J connectivity index is 2.11. The smallest absolute Gasteiger partial charge is 0.323 e. The molecule has 0 saturated carbocycles. The van der Waals surface area contributed by atoms with Crippen molar-refractivity contribution in [2.45, 2.75) is 38.9 Å². The van der Waals surface area contributed by atoms with Crippen LogP contribution in [0, 0.1) is 0 Å². The van der Waals surface area contributed by atoms with E-state index in [1.54, 1.807) is 7.05 Å². The third-order valence-electron chi connectivity index (χ3n) is 3.01. The molecule has 2 heterocycles. The summed E-state index contributed by atoms with van der Waals surface area (Å²) in [6.07, 6.45) is 2.49. The minimum atomic E-state index is 0.0263. The number of anilines is 2. The minimum Gasteiger partial charge on any atom is -0.461 e. The lowest BCUT2D eigenvalue weighted by Gasteiger charge is -2.21. The van der Waals surface area contributed by atoms with Gasteiger partial charge in [0, 0.05) is 27.2 Å². The lowest BCUT2D eigenvalue weighted by Crippen LogP contribution is -2.30. The lowest BCUT2D eigenvalue weighted by molar-refractivity contribution is 0.116. The van der Waals surface area contributed by atoms with Gasteiger partial charge < -0.3 is 19.7 Å². The Labute approximate surface area is 119 Å². The Kier molecular flexibility index (Phi) is 4.94. The van der Waals surface area contributed by atoms with Crippen LogP contribution in [0.15, 0.2) is 0 Å². The summed E-state index contributed by atoms with van der Waals surface area (Å²) < 4.78 is 11.2. The van der Waals surface area contributed by atoms with Crippen molar-refractivity contribution in [3.05, 3.63) is 0 Å². The number of nitrogens with one attached hydrogen (secondary N) is 1. The number of hydrogen-bond acceptors (Lipinski definition) is 7. The van der Waals surface area contributed by atoms with Gasteiger partial charge in [-0.1, -0.05) is 0 Å². The third kappa shape index (κ3) is 3.93. The summed E-state index contributed by atoms with van der Waals surface area (Å²) in [5.41, 5.74) is 0. The summed E-state index contributed by atoms with van der Waals surface area (Å²) in [5, 5.41) is 2.93. The van der Waals surface area contributed by atoms with E-state index in [0.29, 0.717) is 17.9 Å². The van der Waals surface area contributed by atoms with Crippen LogP contribution in [0.25, 0.3) is 0 Å². The zero-order valence-corrected chi connectivity index (χ0v) is 12.6. The molecule has 1 aromatic heterocycles. The highest BCUT2D eigenvalue weighted by atomic mass is 16.5. The SMILES string of the molecule is CNc1nc(OC(C)C)nc(N(C)CC2CCCO2)n1. The largest absolute Gasteiger partial charge is 0.461 e. The first-order chi connectivity index (χ1) is 9.58. The molecule has 1 N–H and O–H groups in total. The van der Waals surface area contributed by atoms with Crippen LogP contribution in [0.1, 0.15) is 26.7 Å². The first kappa shape index (κ1) is 14.8. The zero-order valence-electron chi connectivity index (χ0n) is 12.6. The number of rotatable bonds is 6. The highest BCUT2D eigenvalue weighted by Crippen LogP contribution is 2.18. The molecule has 0 spiro atoms. The van der Waals surface area contributed by atoms with E-state index in [4.69, 9.17) is 9.47 Å². The molecule has 1 aliphatic rings. The fourth-order valence-electron chi connectivity index (χ4n) is 2.07. The number of likely N-dealkylation sites (N-methyl/N-ethyl adjacent to an activating group) is 1. The molecule has 1 fully saturated rings. The average Bonchev–Trinajstić information content (AvgIpc) is 2.90. The van der Waals surface area contributed by atoms with Crippen LogP contribution in [0.5, 0.6) is 6.01 Å². The summed E-state index contributed by atoms with van der Waals surface area (Å²) in [4.78, 5) is 14.9. The van der Waals surface area contributed by atoms with Crippen molar-refractivity contribution in [1.29, 1.82) is 0 Å². The lowest BCUT2D eigenvalue weighted by atomic mass is 10.2. The molecule has 1 saturated heterocycles. The topological polar surface area (TPSA) is 72.4 Å². The van der Waals surface area contributed by atoms with Crippen molar-refractivity contribution in [2.24, 2.45) is 0 Å². The fraction of sp³-hybridized carbons (Fsp3) is 0.769. The van der Waals surface area contributed by atoms with E-state index in [9.17, 15) is 0 Å². The Bertz CT molecular complexity index is 435. The Hall–Kier alpha value is -1.63. The van der Waals surface area contributed by atoms with Crippen molar-refractivity contribution < 1.29 is 9.47 Å². The molecular weight excluding hydrogens is 258 g/mol. The van der Waals surface area contributed by atoms with E-state index in [2.05, 4.69) is 20.3 Å². The van der Waals surface area contributed by atoms with E-state index >= 15 is 0 Å². The molecule has 1 atom stereocenters. The van der Waals surface area contributed by atoms with Gasteiger partial charge in [0.2, 0.25) is 11.9 Å². The second kappa shape index (κ2) is 6.69. The molecule has 1 aliphatic heterocycles. The zero-order chi connectivity index (χ0) is 14.5. The molecule has 7 heteroatoms. The molecule has 1 aromatic rings. The monoisotopic (exact) mass is 281 g/mol. The summed E-state index contributed by atoms with van der Waals surface area (Å²) in [5.74, 6) is 1.10. The maximum absolute atomic E-state index is 5.64. The van der Waals surface area contributed by atoms with Crippen molar-refractivity contribution in [3.8, 4) is 6.01 Å². The van der Waals surface area contributed by atoms with Gasteiger partial charge in [0.15, 0.2) is 0 Å². The highest BCUT2D eigenvalue weighted by molar-refractivity contribution is 5.37. The number of aromatic nitrogens is 3. The van der Waals surface area contributed by atoms with Gasteiger partial charge in [0.25, 0.3) is 0 Å². The van der Waals surface area contributed by atoms with Crippen molar-refractivity contribution in [2.75, 3.05) is 37.5 Å². The van der Waals surface area contributed by atoms with E-state index < -0.39 is 0 Å². The second-order valence-corrected chi connectivity index (χ2v) is 5.17. The molecule has 0 aliphatic carbocycles. The summed E-state index contributed by atoms with van der Waals surface area (Å²) in [7, 11) is 3.73.